The second-order valence-corrected chi connectivity index (χ2v) is 5.65. The molecule has 1 nitrogen and oxygen atoms in total. The monoisotopic (exact) mass is 335 g/mol. The van der Waals surface area contributed by atoms with E-state index in [9.17, 15) is 26.3 Å². The Balaban J connectivity index is 3.68. The molecule has 0 aromatic rings. The lowest BCUT2D eigenvalue weighted by Crippen LogP contribution is -2.45. The maximum absolute atomic E-state index is 13.5. The van der Waals surface area contributed by atoms with Crippen LogP contribution in [0.2, 0.25) is 0 Å². The standard InChI is InChI=1S/C15H27F6N/c1-2-3-4-9-12-22-15(20,21)13(16)10-7-5-6-8-11-14(17,18)19/h13,22H,2-12H2,1H3. The minimum atomic E-state index is -4.18. The predicted octanol–water partition coefficient (Wildman–Crippen LogP) is 5.99. The van der Waals surface area contributed by atoms with Crippen LogP contribution in [0.25, 0.3) is 0 Å². The molecule has 1 N–H and O–H groups in total. The highest BCUT2D eigenvalue weighted by molar-refractivity contribution is 4.74. The Bertz CT molecular complexity index is 267. The van der Waals surface area contributed by atoms with Crippen molar-refractivity contribution in [1.29, 1.82) is 0 Å². The summed E-state index contributed by atoms with van der Waals surface area (Å²) in [6.45, 7) is 2.08. The van der Waals surface area contributed by atoms with Gasteiger partial charge in [-0.1, -0.05) is 45.4 Å². The topological polar surface area (TPSA) is 12.0 Å². The van der Waals surface area contributed by atoms with E-state index in [1.54, 1.807) is 0 Å². The molecule has 22 heavy (non-hydrogen) atoms. The Morgan fingerprint density at radius 3 is 2.00 bits per heavy atom. The van der Waals surface area contributed by atoms with E-state index in [2.05, 4.69) is 0 Å². The third kappa shape index (κ3) is 12.1. The average Bonchev–Trinajstić information content (AvgIpc) is 2.40. The first kappa shape index (κ1) is 21.5. The molecule has 0 rings (SSSR count). The van der Waals surface area contributed by atoms with Gasteiger partial charge in [-0.3, -0.25) is 5.32 Å². The molecule has 0 aliphatic carbocycles. The van der Waals surface area contributed by atoms with Crippen molar-refractivity contribution in [1.82, 2.24) is 5.32 Å². The number of alkyl halides is 6. The molecule has 0 heterocycles. The van der Waals surface area contributed by atoms with Gasteiger partial charge in [0, 0.05) is 13.0 Å². The Kier molecular flexibility index (Phi) is 10.9. The fourth-order valence-electron chi connectivity index (χ4n) is 2.10. The second-order valence-electron chi connectivity index (χ2n) is 5.65. The molecule has 0 saturated heterocycles. The highest BCUT2D eigenvalue weighted by Crippen LogP contribution is 2.25. The summed E-state index contributed by atoms with van der Waals surface area (Å²) in [6.07, 6.45) is -3.56. The largest absolute Gasteiger partial charge is 0.389 e. The van der Waals surface area contributed by atoms with Gasteiger partial charge in [0.1, 0.15) is 0 Å². The average molecular weight is 335 g/mol. The van der Waals surface area contributed by atoms with Crippen molar-refractivity contribution in [2.45, 2.75) is 89.5 Å². The summed E-state index contributed by atoms with van der Waals surface area (Å²) in [6, 6.07) is -3.56. The van der Waals surface area contributed by atoms with Crippen LogP contribution in [0.1, 0.15) is 71.1 Å². The van der Waals surface area contributed by atoms with E-state index >= 15 is 0 Å². The summed E-state index contributed by atoms with van der Waals surface area (Å²) in [7, 11) is 0. The van der Waals surface area contributed by atoms with Crippen molar-refractivity contribution in [3.63, 3.8) is 0 Å². The van der Waals surface area contributed by atoms with Gasteiger partial charge in [0.05, 0.1) is 0 Å². The number of hydrogen-bond acceptors (Lipinski definition) is 1. The smallest absolute Gasteiger partial charge is 0.256 e. The van der Waals surface area contributed by atoms with Crippen LogP contribution in [0.3, 0.4) is 0 Å². The van der Waals surface area contributed by atoms with Gasteiger partial charge in [-0.05, 0) is 19.3 Å². The van der Waals surface area contributed by atoms with Gasteiger partial charge in [-0.2, -0.15) is 22.0 Å². The number of rotatable bonds is 13. The number of nitrogens with one attached hydrogen (secondary N) is 1. The molecule has 0 fully saturated rings. The fourth-order valence-corrected chi connectivity index (χ4v) is 2.10. The van der Waals surface area contributed by atoms with E-state index in [1.165, 1.54) is 0 Å². The van der Waals surface area contributed by atoms with Crippen LogP contribution in [0, 0.1) is 0 Å². The summed E-state index contributed by atoms with van der Waals surface area (Å²) in [5, 5.41) is 1.93. The van der Waals surface area contributed by atoms with Crippen LogP contribution in [-0.2, 0) is 0 Å². The molecular weight excluding hydrogens is 308 g/mol. The van der Waals surface area contributed by atoms with Crippen molar-refractivity contribution in [2.24, 2.45) is 0 Å². The van der Waals surface area contributed by atoms with E-state index in [0.717, 1.165) is 19.3 Å². The molecule has 0 amide bonds. The molecule has 0 aliphatic heterocycles. The molecule has 0 aromatic heterocycles. The molecule has 1 atom stereocenters. The highest BCUT2D eigenvalue weighted by Gasteiger charge is 2.38. The maximum atomic E-state index is 13.5. The lowest BCUT2D eigenvalue weighted by molar-refractivity contribution is -0.135. The molecule has 1 unspecified atom stereocenters. The third-order valence-corrected chi connectivity index (χ3v) is 3.45. The fraction of sp³-hybridized carbons (Fsp3) is 1.00. The van der Waals surface area contributed by atoms with Crippen molar-refractivity contribution in [2.75, 3.05) is 6.54 Å². The quantitative estimate of drug-likeness (QED) is 0.248. The Morgan fingerprint density at radius 2 is 1.41 bits per heavy atom. The van der Waals surface area contributed by atoms with Crippen LogP contribution < -0.4 is 5.32 Å². The number of unbranched alkanes of at least 4 members (excludes halogenated alkanes) is 6. The van der Waals surface area contributed by atoms with Crippen molar-refractivity contribution < 1.29 is 26.3 Å². The molecule has 7 heteroatoms. The van der Waals surface area contributed by atoms with E-state index < -0.39 is 24.8 Å². The van der Waals surface area contributed by atoms with Crippen molar-refractivity contribution in [3.8, 4) is 0 Å². The normalized spacial score (nSPS) is 14.3. The van der Waals surface area contributed by atoms with Gasteiger partial charge in [0.25, 0.3) is 0 Å². The third-order valence-electron chi connectivity index (χ3n) is 3.45. The molecule has 0 aliphatic rings. The van der Waals surface area contributed by atoms with E-state index in [0.29, 0.717) is 12.8 Å². The van der Waals surface area contributed by atoms with E-state index in [1.807, 2.05) is 12.2 Å². The lowest BCUT2D eigenvalue weighted by atomic mass is 10.1. The summed E-state index contributed by atoms with van der Waals surface area (Å²) >= 11 is 0. The molecule has 0 saturated carbocycles. The second kappa shape index (κ2) is 11.1. The zero-order chi connectivity index (χ0) is 17.1. The predicted molar refractivity (Wildman–Crippen MR) is 75.7 cm³/mol. The molecule has 0 spiro atoms. The summed E-state index contributed by atoms with van der Waals surface area (Å²) < 4.78 is 75.9. The molecule has 134 valence electrons. The minimum Gasteiger partial charge on any atom is -0.256 e. The molecule has 0 radical (unpaired) electrons. The first-order chi connectivity index (χ1) is 10.2. The molecule has 0 bridgehead atoms. The number of hydrogen-bond donors (Lipinski definition) is 1. The minimum absolute atomic E-state index is 0.0352. The first-order valence-electron chi connectivity index (χ1n) is 8.02. The molecule has 0 aromatic carbocycles. The van der Waals surface area contributed by atoms with Gasteiger partial charge in [-0.25, -0.2) is 4.39 Å². The van der Waals surface area contributed by atoms with Gasteiger partial charge in [-0.15, -0.1) is 0 Å². The highest BCUT2D eigenvalue weighted by atomic mass is 19.4. The number of halogens is 6. The zero-order valence-electron chi connectivity index (χ0n) is 13.1. The van der Waals surface area contributed by atoms with Crippen LogP contribution in [0.5, 0.6) is 0 Å². The van der Waals surface area contributed by atoms with Gasteiger partial charge in [0.15, 0.2) is 6.17 Å². The maximum Gasteiger partial charge on any atom is 0.389 e. The Morgan fingerprint density at radius 1 is 0.818 bits per heavy atom. The zero-order valence-corrected chi connectivity index (χ0v) is 13.1. The van der Waals surface area contributed by atoms with Crippen LogP contribution in [-0.4, -0.2) is 24.9 Å². The van der Waals surface area contributed by atoms with Crippen molar-refractivity contribution in [3.05, 3.63) is 0 Å². The van der Waals surface area contributed by atoms with Crippen molar-refractivity contribution >= 4 is 0 Å². The van der Waals surface area contributed by atoms with Crippen LogP contribution >= 0.6 is 0 Å². The SMILES string of the molecule is CCCCCCNC(F)(F)C(F)CCCCCCC(F)(F)F. The van der Waals surface area contributed by atoms with E-state index in [4.69, 9.17) is 0 Å². The first-order valence-corrected chi connectivity index (χ1v) is 8.02. The van der Waals surface area contributed by atoms with E-state index in [-0.39, 0.29) is 32.2 Å². The van der Waals surface area contributed by atoms with Gasteiger partial charge < -0.3 is 0 Å². The Labute approximate surface area is 128 Å². The Hall–Kier alpha value is -0.460. The summed E-state index contributed by atoms with van der Waals surface area (Å²) in [4.78, 5) is 0. The summed E-state index contributed by atoms with van der Waals surface area (Å²) in [5.41, 5.74) is 0. The summed E-state index contributed by atoms with van der Waals surface area (Å²) in [5.74, 6) is 0. The van der Waals surface area contributed by atoms with Gasteiger partial charge in [0.2, 0.25) is 0 Å². The van der Waals surface area contributed by atoms with Gasteiger partial charge >= 0.3 is 12.2 Å². The molecular formula is C15H27F6N. The van der Waals surface area contributed by atoms with Crippen LogP contribution in [0.4, 0.5) is 26.3 Å². The van der Waals surface area contributed by atoms with Crippen LogP contribution in [0.15, 0.2) is 0 Å². The lowest BCUT2D eigenvalue weighted by Gasteiger charge is -2.22.